The molecule has 0 N–H and O–H groups in total. The van der Waals surface area contributed by atoms with Gasteiger partial charge in [0, 0.05) is 25.1 Å². The smallest absolute Gasteiger partial charge is 0.465 e. The summed E-state index contributed by atoms with van der Waals surface area (Å²) in [6, 6.07) is 12.7. The van der Waals surface area contributed by atoms with Crippen molar-refractivity contribution in [3.8, 4) is 11.5 Å². The summed E-state index contributed by atoms with van der Waals surface area (Å²) < 4.78 is 23.3. The van der Waals surface area contributed by atoms with Crippen LogP contribution >= 0.6 is 0 Å². The molecule has 0 aromatic heterocycles. The van der Waals surface area contributed by atoms with Crippen molar-refractivity contribution >= 4 is 24.5 Å². The number of nitrogens with zero attached hydrogens (tertiary/aromatic N) is 1. The van der Waals surface area contributed by atoms with E-state index in [2.05, 4.69) is 6.92 Å². The molecule has 4 rings (SSSR count). The predicted molar refractivity (Wildman–Crippen MR) is 129 cm³/mol. The maximum Gasteiger partial charge on any atom is 0.494 e. The monoisotopic (exact) mass is 465 g/mol. The largest absolute Gasteiger partial charge is 0.494 e. The first-order valence-corrected chi connectivity index (χ1v) is 11.6. The van der Waals surface area contributed by atoms with Crippen LogP contribution in [0.4, 0.5) is 0 Å². The summed E-state index contributed by atoms with van der Waals surface area (Å²) in [5, 5.41) is 0. The van der Waals surface area contributed by atoms with Crippen molar-refractivity contribution in [3.05, 3.63) is 53.6 Å². The van der Waals surface area contributed by atoms with E-state index in [1.807, 2.05) is 62.9 Å². The fourth-order valence-corrected chi connectivity index (χ4v) is 4.15. The van der Waals surface area contributed by atoms with Crippen LogP contribution in [0.2, 0.25) is 0 Å². The lowest BCUT2D eigenvalue weighted by atomic mass is 9.79. The predicted octanol–water partition coefficient (Wildman–Crippen LogP) is 3.93. The highest BCUT2D eigenvalue weighted by Crippen LogP contribution is 2.37. The minimum atomic E-state index is -0.458. The fraction of sp³-hybridized carbons (Fsp3) is 0.462. The Morgan fingerprint density at radius 2 is 1.74 bits per heavy atom. The van der Waals surface area contributed by atoms with Crippen LogP contribution in [0.5, 0.6) is 11.5 Å². The Bertz CT molecular complexity index is 1070. The summed E-state index contributed by atoms with van der Waals surface area (Å²) in [4.78, 5) is 26.2. The molecule has 0 bridgehead atoms. The number of carbonyl (C=O) groups is 2. The highest BCUT2D eigenvalue weighted by atomic mass is 16.7. The molecule has 7 nitrogen and oxygen atoms in total. The zero-order chi connectivity index (χ0) is 24.7. The number of esters is 1. The molecular formula is C26H32BNO6. The number of hydrogen-bond acceptors (Lipinski definition) is 6. The van der Waals surface area contributed by atoms with Gasteiger partial charge in [0.05, 0.1) is 23.9 Å². The molecule has 2 aliphatic rings. The van der Waals surface area contributed by atoms with Crippen molar-refractivity contribution in [2.45, 2.75) is 58.8 Å². The Morgan fingerprint density at radius 1 is 1.09 bits per heavy atom. The van der Waals surface area contributed by atoms with Gasteiger partial charge in [0.2, 0.25) is 5.91 Å². The number of hydrogen-bond donors (Lipinski definition) is 0. The van der Waals surface area contributed by atoms with Crippen LogP contribution in [-0.2, 0) is 25.4 Å². The quantitative estimate of drug-likeness (QED) is 0.476. The van der Waals surface area contributed by atoms with Crippen molar-refractivity contribution < 1.29 is 28.4 Å². The molecule has 2 saturated heterocycles. The molecule has 1 unspecified atom stereocenters. The number of amides is 1. The van der Waals surface area contributed by atoms with Crippen LogP contribution in [0.3, 0.4) is 0 Å². The van der Waals surface area contributed by atoms with Gasteiger partial charge in [-0.2, -0.15) is 0 Å². The number of carbonyl (C=O) groups excluding carboxylic acids is 2. The maximum atomic E-state index is 12.3. The lowest BCUT2D eigenvalue weighted by Crippen LogP contribution is -2.41. The van der Waals surface area contributed by atoms with E-state index in [4.69, 9.17) is 18.8 Å². The van der Waals surface area contributed by atoms with E-state index in [1.54, 1.807) is 12.1 Å². The zero-order valence-electron chi connectivity index (χ0n) is 20.7. The molecule has 0 aliphatic carbocycles. The van der Waals surface area contributed by atoms with E-state index in [1.165, 1.54) is 7.11 Å². The normalized spacial score (nSPS) is 21.1. The second-order valence-corrected chi connectivity index (χ2v) is 10.2. The van der Waals surface area contributed by atoms with Crippen molar-refractivity contribution in [2.24, 2.45) is 5.92 Å². The van der Waals surface area contributed by atoms with Gasteiger partial charge in [-0.15, -0.1) is 0 Å². The average Bonchev–Trinajstić information content (AvgIpc) is 3.21. The molecule has 2 heterocycles. The second-order valence-electron chi connectivity index (χ2n) is 10.2. The standard InChI is InChI=1S/C26H32BNO6/c1-17-13-23(29)28(15-17)16-19-8-7-18(24(30)31-6)14-22(19)32-21-11-9-20(10-12-21)27-33-25(2,3)26(4,5)34-27/h7-12,14,17H,13,15-16H2,1-6H3. The molecule has 34 heavy (non-hydrogen) atoms. The van der Waals surface area contributed by atoms with E-state index < -0.39 is 24.3 Å². The van der Waals surface area contributed by atoms with E-state index >= 15 is 0 Å². The SMILES string of the molecule is COC(=O)c1ccc(CN2CC(C)CC2=O)c(Oc2ccc(B3OC(C)(C)C(C)(C)O3)cc2)c1. The van der Waals surface area contributed by atoms with Crippen LogP contribution in [0.1, 0.15) is 57.0 Å². The molecule has 180 valence electrons. The topological polar surface area (TPSA) is 74.3 Å². The minimum absolute atomic E-state index is 0.127. The Kier molecular flexibility index (Phi) is 6.49. The first-order valence-electron chi connectivity index (χ1n) is 11.6. The Balaban J connectivity index is 1.56. The zero-order valence-corrected chi connectivity index (χ0v) is 20.7. The molecular weight excluding hydrogens is 433 g/mol. The molecule has 2 fully saturated rings. The summed E-state index contributed by atoms with van der Waals surface area (Å²) >= 11 is 0. The maximum absolute atomic E-state index is 12.3. The highest BCUT2D eigenvalue weighted by Gasteiger charge is 2.51. The van der Waals surface area contributed by atoms with E-state index in [9.17, 15) is 9.59 Å². The van der Waals surface area contributed by atoms with Gasteiger partial charge in [0.25, 0.3) is 0 Å². The molecule has 0 saturated carbocycles. The third kappa shape index (κ3) is 4.84. The molecule has 2 aromatic rings. The molecule has 0 radical (unpaired) electrons. The van der Waals surface area contributed by atoms with Crippen LogP contribution in [-0.4, -0.2) is 48.8 Å². The summed E-state index contributed by atoms with van der Waals surface area (Å²) in [5.74, 6) is 1.12. The number of likely N-dealkylation sites (tertiary alicyclic amines) is 1. The molecule has 1 amide bonds. The lowest BCUT2D eigenvalue weighted by molar-refractivity contribution is -0.128. The molecule has 2 aliphatic heterocycles. The van der Waals surface area contributed by atoms with Crippen LogP contribution < -0.4 is 10.2 Å². The van der Waals surface area contributed by atoms with E-state index in [-0.39, 0.29) is 5.91 Å². The summed E-state index contributed by atoms with van der Waals surface area (Å²) in [6.07, 6.45) is 0.552. The third-order valence-corrected chi connectivity index (χ3v) is 6.89. The summed E-state index contributed by atoms with van der Waals surface area (Å²) in [7, 11) is 0.885. The first kappa shape index (κ1) is 24.3. The molecule has 8 heteroatoms. The summed E-state index contributed by atoms with van der Waals surface area (Å²) in [5.41, 5.74) is 1.27. The molecule has 1 atom stereocenters. The number of rotatable bonds is 6. The Labute approximate surface area is 201 Å². The minimum Gasteiger partial charge on any atom is -0.465 e. The van der Waals surface area contributed by atoms with E-state index in [0.717, 1.165) is 11.0 Å². The number of ether oxygens (including phenoxy) is 2. The van der Waals surface area contributed by atoms with Crippen molar-refractivity contribution in [1.29, 1.82) is 0 Å². The van der Waals surface area contributed by atoms with Gasteiger partial charge >= 0.3 is 13.1 Å². The van der Waals surface area contributed by atoms with Crippen molar-refractivity contribution in [2.75, 3.05) is 13.7 Å². The van der Waals surface area contributed by atoms with E-state index in [0.29, 0.717) is 42.5 Å². The van der Waals surface area contributed by atoms with Gasteiger partial charge in [0.15, 0.2) is 0 Å². The number of methoxy groups -OCH3 is 1. The van der Waals surface area contributed by atoms with Crippen molar-refractivity contribution in [3.63, 3.8) is 0 Å². The Morgan fingerprint density at radius 3 is 2.29 bits per heavy atom. The van der Waals surface area contributed by atoms with Crippen LogP contribution in [0.25, 0.3) is 0 Å². The third-order valence-electron chi connectivity index (χ3n) is 6.89. The first-order chi connectivity index (χ1) is 16.0. The van der Waals surface area contributed by atoms with Gasteiger partial charge in [-0.1, -0.05) is 25.1 Å². The second kappa shape index (κ2) is 9.08. The fourth-order valence-electron chi connectivity index (χ4n) is 4.15. The van der Waals surface area contributed by atoms with Gasteiger partial charge in [-0.05, 0) is 63.3 Å². The van der Waals surface area contributed by atoms with Gasteiger partial charge in [0.1, 0.15) is 11.5 Å². The average molecular weight is 465 g/mol. The lowest BCUT2D eigenvalue weighted by Gasteiger charge is -2.32. The molecule has 2 aromatic carbocycles. The van der Waals surface area contributed by atoms with Crippen molar-refractivity contribution in [1.82, 2.24) is 4.90 Å². The Hall–Kier alpha value is -2.84. The van der Waals surface area contributed by atoms with Crippen LogP contribution in [0, 0.1) is 5.92 Å². The van der Waals surface area contributed by atoms with Gasteiger partial charge < -0.3 is 23.7 Å². The molecule has 0 spiro atoms. The highest BCUT2D eigenvalue weighted by molar-refractivity contribution is 6.62. The van der Waals surface area contributed by atoms with Crippen LogP contribution in [0.15, 0.2) is 42.5 Å². The number of benzene rings is 2. The van der Waals surface area contributed by atoms with Gasteiger partial charge in [-0.25, -0.2) is 4.79 Å². The van der Waals surface area contributed by atoms with Gasteiger partial charge in [-0.3, -0.25) is 4.79 Å². The summed E-state index contributed by atoms with van der Waals surface area (Å²) in [6.45, 7) is 11.3.